The molecule has 3 amide bonds. The highest BCUT2D eigenvalue weighted by Crippen LogP contribution is 2.26. The van der Waals surface area contributed by atoms with Crippen LogP contribution in [0.15, 0.2) is 0 Å². The number of nitrogens with one attached hydrogen (secondary N) is 1. The minimum atomic E-state index is -0.865. The number of β-amino-alcohol motifs (C(OH)–C–C–N with tert-alkyl or cyclic N) is 1. The van der Waals surface area contributed by atoms with Gasteiger partial charge in [-0.05, 0) is 26.2 Å². The summed E-state index contributed by atoms with van der Waals surface area (Å²) < 4.78 is 5.28. The predicted octanol–water partition coefficient (Wildman–Crippen LogP) is 0.220. The van der Waals surface area contributed by atoms with Crippen LogP contribution < -0.4 is 11.2 Å². The number of carbonyl (C=O) groups excluding carboxylic acids is 3. The van der Waals surface area contributed by atoms with Gasteiger partial charge in [-0.15, -0.1) is 0 Å². The maximum Gasteiger partial charge on any atom is 0.424 e. The first-order valence-corrected chi connectivity index (χ1v) is 8.64. The summed E-state index contributed by atoms with van der Waals surface area (Å²) in [6.07, 6.45) is -1.33. The van der Waals surface area contributed by atoms with Crippen molar-refractivity contribution in [2.45, 2.75) is 71.8 Å². The summed E-state index contributed by atoms with van der Waals surface area (Å²) in [7, 11) is 1.46. The highest BCUT2D eigenvalue weighted by atomic mass is 16.6. The third kappa shape index (κ3) is 5.84. The molecule has 26 heavy (non-hydrogen) atoms. The Morgan fingerprint density at radius 3 is 2.19 bits per heavy atom. The van der Waals surface area contributed by atoms with Crippen molar-refractivity contribution in [1.82, 2.24) is 15.3 Å². The Morgan fingerprint density at radius 2 is 1.77 bits per heavy atom. The van der Waals surface area contributed by atoms with Gasteiger partial charge in [0.2, 0.25) is 11.8 Å². The van der Waals surface area contributed by atoms with Crippen LogP contribution >= 0.6 is 0 Å². The van der Waals surface area contributed by atoms with Gasteiger partial charge in [-0.2, -0.15) is 0 Å². The first-order chi connectivity index (χ1) is 11.6. The number of aliphatic hydroxyl groups excluding tert-OH is 1. The highest BCUT2D eigenvalue weighted by Gasteiger charge is 2.44. The number of nitrogens with two attached hydrogens (primary N) is 1. The minimum Gasteiger partial charge on any atom is -0.443 e. The van der Waals surface area contributed by atoms with E-state index in [2.05, 4.69) is 5.43 Å². The smallest absolute Gasteiger partial charge is 0.424 e. The van der Waals surface area contributed by atoms with E-state index in [0.717, 1.165) is 5.01 Å². The Bertz CT molecular complexity index is 552. The van der Waals surface area contributed by atoms with Gasteiger partial charge in [-0.25, -0.2) is 15.2 Å². The number of carbonyl (C=O) groups is 3. The summed E-state index contributed by atoms with van der Waals surface area (Å²) in [6, 6.07) is -1.69. The minimum absolute atomic E-state index is 0.0247. The van der Waals surface area contributed by atoms with Crippen molar-refractivity contribution in [3.63, 3.8) is 0 Å². The number of aliphatic hydroxyl groups is 1. The van der Waals surface area contributed by atoms with Gasteiger partial charge >= 0.3 is 6.09 Å². The molecular weight excluding hydrogens is 340 g/mol. The zero-order chi connectivity index (χ0) is 20.4. The lowest BCUT2D eigenvalue weighted by atomic mass is 9.86. The first-order valence-electron chi connectivity index (χ1n) is 8.64. The van der Waals surface area contributed by atoms with E-state index in [1.165, 1.54) is 11.9 Å². The van der Waals surface area contributed by atoms with Crippen LogP contribution in [-0.2, 0) is 14.3 Å². The van der Waals surface area contributed by atoms with Crippen LogP contribution in [0.25, 0.3) is 0 Å². The quantitative estimate of drug-likeness (QED) is 0.606. The summed E-state index contributed by atoms with van der Waals surface area (Å²) >= 11 is 0. The molecular formula is C17H32N4O5. The lowest BCUT2D eigenvalue weighted by molar-refractivity contribution is -0.142. The van der Waals surface area contributed by atoms with E-state index in [0.29, 0.717) is 0 Å². The van der Waals surface area contributed by atoms with Crippen LogP contribution in [0.5, 0.6) is 0 Å². The molecule has 0 spiro atoms. The molecule has 3 atom stereocenters. The number of amides is 3. The molecule has 9 nitrogen and oxygen atoms in total. The van der Waals surface area contributed by atoms with Crippen molar-refractivity contribution in [2.75, 3.05) is 13.6 Å². The number of hydrogen-bond acceptors (Lipinski definition) is 6. The summed E-state index contributed by atoms with van der Waals surface area (Å²) in [5.41, 5.74) is 6.97. The SMILES string of the molecule is CN(N[C@H](C(=O)N1C[C@H](O)C[C@H]1C(N)=O)C(C)(C)C)C(=O)OC(C)(C)C. The van der Waals surface area contributed by atoms with Crippen molar-refractivity contribution < 1.29 is 24.2 Å². The molecule has 0 aliphatic carbocycles. The fourth-order valence-electron chi connectivity index (χ4n) is 2.69. The van der Waals surface area contributed by atoms with E-state index in [-0.39, 0.29) is 13.0 Å². The number of primary amides is 1. The molecule has 0 bridgehead atoms. The Hall–Kier alpha value is -1.87. The molecule has 0 aromatic heterocycles. The van der Waals surface area contributed by atoms with E-state index in [1.807, 2.05) is 20.8 Å². The number of rotatable bonds is 4. The van der Waals surface area contributed by atoms with E-state index in [9.17, 15) is 19.5 Å². The topological polar surface area (TPSA) is 125 Å². The molecule has 1 aliphatic heterocycles. The van der Waals surface area contributed by atoms with Crippen molar-refractivity contribution >= 4 is 17.9 Å². The fourth-order valence-corrected chi connectivity index (χ4v) is 2.69. The van der Waals surface area contributed by atoms with Crippen molar-refractivity contribution in [2.24, 2.45) is 11.1 Å². The Balaban J connectivity index is 2.98. The van der Waals surface area contributed by atoms with Crippen LogP contribution in [0.4, 0.5) is 4.79 Å². The Morgan fingerprint density at radius 1 is 1.23 bits per heavy atom. The van der Waals surface area contributed by atoms with Gasteiger partial charge in [0.05, 0.1) is 6.10 Å². The molecule has 0 aromatic carbocycles. The second-order valence-corrected chi connectivity index (χ2v) is 8.77. The molecule has 1 saturated heterocycles. The monoisotopic (exact) mass is 372 g/mol. The number of hydrogen-bond donors (Lipinski definition) is 3. The molecule has 1 fully saturated rings. The lowest BCUT2D eigenvalue weighted by Gasteiger charge is -2.37. The zero-order valence-electron chi connectivity index (χ0n) is 16.7. The molecule has 1 rings (SSSR count). The molecule has 0 saturated carbocycles. The number of likely N-dealkylation sites (tertiary alicyclic amines) is 1. The standard InChI is InChI=1S/C17H32N4O5/c1-16(2,3)12(19-20(7)15(25)26-17(4,5)6)14(24)21-9-10(22)8-11(21)13(18)23/h10-12,19,22H,8-9H2,1-7H3,(H2,18,23)/t10-,11+,12-/m1/s1. The molecule has 1 aliphatic rings. The zero-order valence-corrected chi connectivity index (χ0v) is 16.7. The summed E-state index contributed by atoms with van der Waals surface area (Å²) in [5, 5.41) is 11.0. The fraction of sp³-hybridized carbons (Fsp3) is 0.824. The third-order valence-corrected chi connectivity index (χ3v) is 3.99. The van der Waals surface area contributed by atoms with Gasteiger partial charge in [0.25, 0.3) is 0 Å². The maximum absolute atomic E-state index is 13.1. The van der Waals surface area contributed by atoms with E-state index in [4.69, 9.17) is 10.5 Å². The number of ether oxygens (including phenoxy) is 1. The van der Waals surface area contributed by atoms with E-state index < -0.39 is 47.1 Å². The van der Waals surface area contributed by atoms with E-state index >= 15 is 0 Å². The number of hydrazine groups is 1. The summed E-state index contributed by atoms with van der Waals surface area (Å²) in [5.74, 6) is -1.07. The molecule has 0 unspecified atom stereocenters. The Labute approximate surface area is 154 Å². The van der Waals surface area contributed by atoms with Crippen LogP contribution in [0.1, 0.15) is 48.0 Å². The third-order valence-electron chi connectivity index (χ3n) is 3.99. The van der Waals surface area contributed by atoms with Crippen LogP contribution in [0.2, 0.25) is 0 Å². The molecule has 0 aromatic rings. The van der Waals surface area contributed by atoms with Gasteiger partial charge in [-0.1, -0.05) is 20.8 Å². The van der Waals surface area contributed by atoms with E-state index in [1.54, 1.807) is 20.8 Å². The molecule has 1 heterocycles. The van der Waals surface area contributed by atoms with Gasteiger partial charge < -0.3 is 20.5 Å². The number of nitrogens with zero attached hydrogens (tertiary/aromatic N) is 2. The predicted molar refractivity (Wildman–Crippen MR) is 95.7 cm³/mol. The molecule has 0 radical (unpaired) electrons. The van der Waals surface area contributed by atoms with Gasteiger partial charge in [-0.3, -0.25) is 9.59 Å². The average molecular weight is 372 g/mol. The largest absolute Gasteiger partial charge is 0.443 e. The normalized spacial score (nSPS) is 22.1. The molecule has 9 heteroatoms. The highest BCUT2D eigenvalue weighted by molar-refractivity contribution is 5.90. The van der Waals surface area contributed by atoms with Gasteiger partial charge in [0, 0.05) is 20.0 Å². The summed E-state index contributed by atoms with van der Waals surface area (Å²) in [4.78, 5) is 38.2. The van der Waals surface area contributed by atoms with Gasteiger partial charge in [0.15, 0.2) is 0 Å². The van der Waals surface area contributed by atoms with Gasteiger partial charge in [0.1, 0.15) is 17.7 Å². The second-order valence-electron chi connectivity index (χ2n) is 8.77. The molecule has 4 N–H and O–H groups in total. The van der Waals surface area contributed by atoms with Crippen LogP contribution in [-0.4, -0.2) is 70.3 Å². The van der Waals surface area contributed by atoms with Crippen molar-refractivity contribution in [3.8, 4) is 0 Å². The molecule has 150 valence electrons. The van der Waals surface area contributed by atoms with Crippen LogP contribution in [0.3, 0.4) is 0 Å². The lowest BCUT2D eigenvalue weighted by Crippen LogP contribution is -2.60. The maximum atomic E-state index is 13.1. The second kappa shape index (κ2) is 7.79. The van der Waals surface area contributed by atoms with Crippen molar-refractivity contribution in [1.29, 1.82) is 0 Å². The van der Waals surface area contributed by atoms with Crippen LogP contribution in [0, 0.1) is 5.41 Å². The summed E-state index contributed by atoms with van der Waals surface area (Å²) in [6.45, 7) is 10.7. The average Bonchev–Trinajstić information content (AvgIpc) is 2.83. The first kappa shape index (κ1) is 22.2. The Kier molecular flexibility index (Phi) is 6.64. The van der Waals surface area contributed by atoms with Crippen molar-refractivity contribution in [3.05, 3.63) is 0 Å².